The summed E-state index contributed by atoms with van der Waals surface area (Å²) in [5, 5.41) is 5.60. The van der Waals surface area contributed by atoms with E-state index in [-0.39, 0.29) is 28.9 Å². The monoisotopic (exact) mass is 459 g/mol. The largest absolute Gasteiger partial charge is 0.340 e. The molecule has 2 amide bonds. The Kier molecular flexibility index (Phi) is 8.07. The maximum atomic E-state index is 12.8. The smallest absolute Gasteiger partial charge is 0.251 e. The molecule has 0 fully saturated rings. The van der Waals surface area contributed by atoms with Crippen molar-refractivity contribution in [3.63, 3.8) is 0 Å². The minimum atomic E-state index is -3.37. The Morgan fingerprint density at radius 1 is 0.906 bits per heavy atom. The number of hydrogen-bond donors (Lipinski definition) is 3. The lowest BCUT2D eigenvalue weighted by atomic mass is 9.86. The zero-order chi connectivity index (χ0) is 24.1. The number of amides is 2. The SMILES string of the molecule is CCS(=O)(=O)Nc1ccc(NC(=O)C(NC(=O)c2ccc(C(C)(C)C)cc2)C(C)C)cc1. The van der Waals surface area contributed by atoms with Crippen molar-refractivity contribution in [2.45, 2.75) is 53.0 Å². The van der Waals surface area contributed by atoms with Crippen molar-refractivity contribution in [3.8, 4) is 0 Å². The lowest BCUT2D eigenvalue weighted by molar-refractivity contribution is -0.118. The Morgan fingerprint density at radius 3 is 1.91 bits per heavy atom. The highest BCUT2D eigenvalue weighted by Crippen LogP contribution is 2.22. The van der Waals surface area contributed by atoms with Crippen molar-refractivity contribution >= 4 is 33.2 Å². The fraction of sp³-hybridized carbons (Fsp3) is 0.417. The van der Waals surface area contributed by atoms with Crippen molar-refractivity contribution < 1.29 is 18.0 Å². The van der Waals surface area contributed by atoms with Crippen LogP contribution in [0.5, 0.6) is 0 Å². The quantitative estimate of drug-likeness (QED) is 0.552. The standard InChI is InChI=1S/C24H33N3O4S/c1-7-32(30,31)27-20-14-12-19(13-15-20)25-23(29)21(16(2)3)26-22(28)17-8-10-18(11-9-17)24(4,5)6/h8-16,21,27H,7H2,1-6H3,(H,25,29)(H,26,28). The van der Waals surface area contributed by atoms with E-state index >= 15 is 0 Å². The molecule has 8 heteroatoms. The lowest BCUT2D eigenvalue weighted by Crippen LogP contribution is -2.47. The summed E-state index contributed by atoms with van der Waals surface area (Å²) in [5.74, 6) is -0.825. The average Bonchev–Trinajstić information content (AvgIpc) is 2.72. The molecule has 0 spiro atoms. The molecule has 2 aromatic rings. The maximum absolute atomic E-state index is 12.8. The topological polar surface area (TPSA) is 104 Å². The third-order valence-corrected chi connectivity index (χ3v) is 6.36. The first kappa shape index (κ1) is 25.4. The minimum Gasteiger partial charge on any atom is -0.340 e. The number of benzene rings is 2. The Bertz CT molecular complexity index is 1040. The highest BCUT2D eigenvalue weighted by Gasteiger charge is 2.25. The third-order valence-electron chi connectivity index (χ3n) is 5.05. The first-order chi connectivity index (χ1) is 14.8. The average molecular weight is 460 g/mol. The van der Waals surface area contributed by atoms with Gasteiger partial charge in [-0.3, -0.25) is 14.3 Å². The van der Waals surface area contributed by atoms with Gasteiger partial charge in [-0.1, -0.05) is 46.8 Å². The Morgan fingerprint density at radius 2 is 1.44 bits per heavy atom. The predicted octanol–water partition coefficient (Wildman–Crippen LogP) is 4.14. The molecule has 0 radical (unpaired) electrons. The zero-order valence-corrected chi connectivity index (χ0v) is 20.3. The molecule has 0 aliphatic carbocycles. The minimum absolute atomic E-state index is 0.0127. The van der Waals surface area contributed by atoms with E-state index in [4.69, 9.17) is 0 Å². The summed E-state index contributed by atoms with van der Waals surface area (Å²) in [6.07, 6.45) is 0. The fourth-order valence-electron chi connectivity index (χ4n) is 2.97. The normalized spacial score (nSPS) is 12.8. The van der Waals surface area contributed by atoms with Gasteiger partial charge < -0.3 is 10.6 Å². The van der Waals surface area contributed by atoms with E-state index in [1.807, 2.05) is 26.0 Å². The van der Waals surface area contributed by atoms with E-state index in [1.54, 1.807) is 43.3 Å². The van der Waals surface area contributed by atoms with Gasteiger partial charge in [0.1, 0.15) is 6.04 Å². The molecule has 174 valence electrons. The number of sulfonamides is 1. The molecule has 0 heterocycles. The molecule has 1 atom stereocenters. The van der Waals surface area contributed by atoms with Crippen LogP contribution in [-0.4, -0.2) is 32.0 Å². The number of hydrogen-bond acceptors (Lipinski definition) is 4. The predicted molar refractivity (Wildman–Crippen MR) is 129 cm³/mol. The van der Waals surface area contributed by atoms with Gasteiger partial charge in [-0.2, -0.15) is 0 Å². The summed E-state index contributed by atoms with van der Waals surface area (Å²) in [6.45, 7) is 11.6. The summed E-state index contributed by atoms with van der Waals surface area (Å²) in [7, 11) is -3.37. The molecule has 0 bridgehead atoms. The molecule has 3 N–H and O–H groups in total. The third kappa shape index (κ3) is 7.09. The van der Waals surface area contributed by atoms with Crippen LogP contribution >= 0.6 is 0 Å². The Balaban J connectivity index is 2.07. The van der Waals surface area contributed by atoms with Gasteiger partial charge >= 0.3 is 0 Å². The van der Waals surface area contributed by atoms with E-state index < -0.39 is 16.1 Å². The van der Waals surface area contributed by atoms with Gasteiger partial charge in [-0.15, -0.1) is 0 Å². The zero-order valence-electron chi connectivity index (χ0n) is 19.5. The van der Waals surface area contributed by atoms with Crippen molar-refractivity contribution in [2.24, 2.45) is 5.92 Å². The van der Waals surface area contributed by atoms with Gasteiger partial charge in [-0.25, -0.2) is 8.42 Å². The van der Waals surface area contributed by atoms with Crippen LogP contribution in [0.4, 0.5) is 11.4 Å². The van der Waals surface area contributed by atoms with Crippen LogP contribution in [-0.2, 0) is 20.2 Å². The van der Waals surface area contributed by atoms with Gasteiger partial charge in [0.15, 0.2) is 0 Å². The molecule has 2 aromatic carbocycles. The van der Waals surface area contributed by atoms with Crippen molar-refractivity contribution in [1.82, 2.24) is 5.32 Å². The van der Waals surface area contributed by atoms with Crippen LogP contribution < -0.4 is 15.4 Å². The molecule has 0 aromatic heterocycles. The first-order valence-electron chi connectivity index (χ1n) is 10.6. The van der Waals surface area contributed by atoms with Crippen molar-refractivity contribution in [1.29, 1.82) is 0 Å². The molecule has 0 saturated carbocycles. The number of carbonyl (C=O) groups is 2. The van der Waals surface area contributed by atoms with Gasteiger partial charge in [0.05, 0.1) is 5.75 Å². The van der Waals surface area contributed by atoms with Crippen LogP contribution in [0.3, 0.4) is 0 Å². The molecule has 1 unspecified atom stereocenters. The van der Waals surface area contributed by atoms with Crippen molar-refractivity contribution in [3.05, 3.63) is 59.7 Å². The molecule has 0 saturated heterocycles. The van der Waals surface area contributed by atoms with Crippen LogP contribution in [0.1, 0.15) is 57.5 Å². The van der Waals surface area contributed by atoms with E-state index in [1.165, 1.54) is 0 Å². The summed E-state index contributed by atoms with van der Waals surface area (Å²) < 4.78 is 25.8. The summed E-state index contributed by atoms with van der Waals surface area (Å²) in [6, 6.07) is 13.0. The molecule has 0 aliphatic rings. The van der Waals surface area contributed by atoms with Gasteiger partial charge in [0.2, 0.25) is 15.9 Å². The summed E-state index contributed by atoms with van der Waals surface area (Å²) in [5.41, 5.74) is 2.52. The number of anilines is 2. The first-order valence-corrected chi connectivity index (χ1v) is 12.3. The van der Waals surface area contributed by atoms with Gasteiger partial charge in [-0.05, 0) is 60.2 Å². The van der Waals surface area contributed by atoms with Gasteiger partial charge in [0, 0.05) is 16.9 Å². The number of nitrogens with one attached hydrogen (secondary N) is 3. The highest BCUT2D eigenvalue weighted by molar-refractivity contribution is 7.92. The van der Waals surface area contributed by atoms with E-state index in [0.717, 1.165) is 5.56 Å². The molecular weight excluding hydrogens is 426 g/mol. The Labute approximate surface area is 191 Å². The lowest BCUT2D eigenvalue weighted by Gasteiger charge is -2.22. The van der Waals surface area contributed by atoms with E-state index in [0.29, 0.717) is 16.9 Å². The van der Waals surface area contributed by atoms with E-state index in [2.05, 4.69) is 36.1 Å². The molecule has 32 heavy (non-hydrogen) atoms. The molecule has 7 nitrogen and oxygen atoms in total. The molecule has 0 aliphatic heterocycles. The molecule has 2 rings (SSSR count). The van der Waals surface area contributed by atoms with Crippen LogP contribution in [0.2, 0.25) is 0 Å². The van der Waals surface area contributed by atoms with Gasteiger partial charge in [0.25, 0.3) is 5.91 Å². The number of rotatable bonds is 8. The van der Waals surface area contributed by atoms with E-state index in [9.17, 15) is 18.0 Å². The second kappa shape index (κ2) is 10.2. The maximum Gasteiger partial charge on any atom is 0.251 e. The van der Waals surface area contributed by atoms with Crippen LogP contribution in [0, 0.1) is 5.92 Å². The highest BCUT2D eigenvalue weighted by atomic mass is 32.2. The number of carbonyl (C=O) groups excluding carboxylic acids is 2. The second-order valence-corrected chi connectivity index (χ2v) is 11.1. The van der Waals surface area contributed by atoms with Crippen LogP contribution in [0.25, 0.3) is 0 Å². The second-order valence-electron chi connectivity index (χ2n) is 9.09. The van der Waals surface area contributed by atoms with Crippen molar-refractivity contribution in [2.75, 3.05) is 15.8 Å². The van der Waals surface area contributed by atoms with Crippen LogP contribution in [0.15, 0.2) is 48.5 Å². The summed E-state index contributed by atoms with van der Waals surface area (Å²) in [4.78, 5) is 25.6. The Hall–Kier alpha value is -2.87. The molecular formula is C24H33N3O4S. The fourth-order valence-corrected chi connectivity index (χ4v) is 3.61. The summed E-state index contributed by atoms with van der Waals surface area (Å²) >= 11 is 0.